The van der Waals surface area contributed by atoms with Crippen LogP contribution in [0.1, 0.15) is 31.8 Å². The topological polar surface area (TPSA) is 102 Å². The first-order valence-electron chi connectivity index (χ1n) is 6.62. The van der Waals surface area contributed by atoms with Gasteiger partial charge in [0.05, 0.1) is 11.1 Å². The van der Waals surface area contributed by atoms with Crippen molar-refractivity contribution in [1.29, 1.82) is 0 Å². The maximum atomic E-state index is 12.2. The van der Waals surface area contributed by atoms with Gasteiger partial charge in [0.25, 0.3) is 0 Å². The molecule has 0 aliphatic heterocycles. The largest absolute Gasteiger partial charge is 0.386 e. The molecule has 0 saturated carbocycles. The highest BCUT2D eigenvalue weighted by Gasteiger charge is 2.23. The second kappa shape index (κ2) is 6.69. The number of rotatable bonds is 4. The molecule has 116 valence electrons. The van der Waals surface area contributed by atoms with Gasteiger partial charge in [-0.3, -0.25) is 0 Å². The highest BCUT2D eigenvalue weighted by atomic mass is 16.6. The lowest BCUT2D eigenvalue weighted by atomic mass is 10.1. The smallest absolute Gasteiger partial charge is 0.348 e. The van der Waals surface area contributed by atoms with Crippen LogP contribution in [-0.4, -0.2) is 11.9 Å². The molecule has 0 heterocycles. The van der Waals surface area contributed by atoms with Crippen molar-refractivity contribution in [1.82, 2.24) is 0 Å². The van der Waals surface area contributed by atoms with Crippen molar-refractivity contribution in [3.05, 3.63) is 68.5 Å². The summed E-state index contributed by atoms with van der Waals surface area (Å²) in [6.45, 7) is 3.17. The van der Waals surface area contributed by atoms with E-state index in [4.69, 9.17) is 4.74 Å². The van der Waals surface area contributed by atoms with Crippen molar-refractivity contribution in [3.8, 4) is 0 Å². The van der Waals surface area contributed by atoms with Crippen LogP contribution in [0.25, 0.3) is 0 Å². The van der Waals surface area contributed by atoms with Crippen molar-refractivity contribution >= 4 is 23.3 Å². The van der Waals surface area contributed by atoms with E-state index in [0.29, 0.717) is 11.1 Å². The third-order valence-corrected chi connectivity index (χ3v) is 3.29. The number of nitroso groups, excluding NO2 is 2. The second-order valence-electron chi connectivity index (χ2n) is 4.80. The summed E-state index contributed by atoms with van der Waals surface area (Å²) < 4.78 is 4.79. The molecule has 0 radical (unpaired) electrons. The molecule has 23 heavy (non-hydrogen) atoms. The van der Waals surface area contributed by atoms with Gasteiger partial charge in [-0.25, -0.2) is 9.59 Å². The normalized spacial score (nSPS) is 10.0. The van der Waals surface area contributed by atoms with Gasteiger partial charge in [0.1, 0.15) is 11.4 Å². The summed E-state index contributed by atoms with van der Waals surface area (Å²) in [5.41, 5.74) is 0.453. The van der Waals surface area contributed by atoms with Gasteiger partial charge in [0, 0.05) is 0 Å². The van der Waals surface area contributed by atoms with Gasteiger partial charge >= 0.3 is 11.9 Å². The maximum Gasteiger partial charge on any atom is 0.348 e. The Kier molecular flexibility index (Phi) is 4.70. The lowest BCUT2D eigenvalue weighted by Gasteiger charge is -2.09. The van der Waals surface area contributed by atoms with Crippen molar-refractivity contribution in [2.75, 3.05) is 0 Å². The minimum absolute atomic E-state index is 0.0925. The number of nitrogens with zero attached hydrogens (tertiary/aromatic N) is 2. The van der Waals surface area contributed by atoms with Crippen molar-refractivity contribution in [2.45, 2.75) is 13.8 Å². The van der Waals surface area contributed by atoms with Crippen molar-refractivity contribution < 1.29 is 14.3 Å². The zero-order valence-electron chi connectivity index (χ0n) is 12.4. The Bertz CT molecular complexity index is 747. The Balaban J connectivity index is 2.37. The number of esters is 2. The standard InChI is InChI=1S/C16H12N2O5/c1-9-5-3-7-11(17-21)13(9)15(19)23-16(20)14-10(2)6-4-8-12(14)18-22/h3-8H,1-2H3. The van der Waals surface area contributed by atoms with Crippen LogP contribution in [0.5, 0.6) is 0 Å². The first-order chi connectivity index (χ1) is 11.0. The molecular weight excluding hydrogens is 300 g/mol. The minimum atomic E-state index is -1.01. The fourth-order valence-electron chi connectivity index (χ4n) is 2.17. The van der Waals surface area contributed by atoms with Gasteiger partial charge in [-0.15, -0.1) is 9.81 Å². The van der Waals surface area contributed by atoms with E-state index in [0.717, 1.165) is 0 Å². The van der Waals surface area contributed by atoms with E-state index in [9.17, 15) is 19.4 Å². The highest BCUT2D eigenvalue weighted by molar-refractivity contribution is 6.07. The van der Waals surface area contributed by atoms with E-state index in [1.807, 2.05) is 0 Å². The quantitative estimate of drug-likeness (QED) is 0.480. The van der Waals surface area contributed by atoms with Crippen molar-refractivity contribution in [2.24, 2.45) is 10.4 Å². The van der Waals surface area contributed by atoms with E-state index in [2.05, 4.69) is 10.4 Å². The van der Waals surface area contributed by atoms with E-state index in [1.165, 1.54) is 12.1 Å². The zero-order valence-corrected chi connectivity index (χ0v) is 12.4. The van der Waals surface area contributed by atoms with Crippen LogP contribution < -0.4 is 0 Å². The van der Waals surface area contributed by atoms with Gasteiger partial charge in [0.2, 0.25) is 0 Å². The lowest BCUT2D eigenvalue weighted by Crippen LogP contribution is -2.15. The molecule has 2 rings (SSSR count). The van der Waals surface area contributed by atoms with Gasteiger partial charge < -0.3 is 4.74 Å². The number of benzene rings is 2. The molecule has 0 N–H and O–H groups in total. The lowest BCUT2D eigenvalue weighted by molar-refractivity contribution is 0.0398. The fourth-order valence-corrected chi connectivity index (χ4v) is 2.17. The molecule has 0 amide bonds. The maximum absolute atomic E-state index is 12.2. The predicted molar refractivity (Wildman–Crippen MR) is 83.0 cm³/mol. The Hall–Kier alpha value is -3.22. The molecule has 2 aromatic rings. The molecule has 0 fully saturated rings. The van der Waals surface area contributed by atoms with Crippen molar-refractivity contribution in [3.63, 3.8) is 0 Å². The highest BCUT2D eigenvalue weighted by Crippen LogP contribution is 2.26. The summed E-state index contributed by atoms with van der Waals surface area (Å²) in [5.74, 6) is -2.02. The average Bonchev–Trinajstić information content (AvgIpc) is 2.53. The Labute approximate surface area is 131 Å². The van der Waals surface area contributed by atoms with Gasteiger partial charge in [-0.1, -0.05) is 24.3 Å². The fraction of sp³-hybridized carbons (Fsp3) is 0.125. The van der Waals surface area contributed by atoms with Crippen LogP contribution in [0.2, 0.25) is 0 Å². The van der Waals surface area contributed by atoms with Gasteiger partial charge in [0.15, 0.2) is 0 Å². The van der Waals surface area contributed by atoms with E-state index < -0.39 is 11.9 Å². The van der Waals surface area contributed by atoms with E-state index in [-0.39, 0.29) is 22.5 Å². The number of aryl methyl sites for hydroxylation is 2. The zero-order chi connectivity index (χ0) is 17.0. The molecule has 0 unspecified atom stereocenters. The van der Waals surface area contributed by atoms with Crippen LogP contribution in [0.4, 0.5) is 11.4 Å². The summed E-state index contributed by atoms with van der Waals surface area (Å²) in [4.78, 5) is 46.0. The molecule has 2 aromatic carbocycles. The summed E-state index contributed by atoms with van der Waals surface area (Å²) in [5, 5.41) is 5.51. The molecule has 0 atom stereocenters. The second-order valence-corrected chi connectivity index (χ2v) is 4.80. The number of carbonyl (C=O) groups excluding carboxylic acids is 2. The Morgan fingerprint density at radius 1 is 0.783 bits per heavy atom. The Morgan fingerprint density at radius 2 is 1.17 bits per heavy atom. The SMILES string of the molecule is Cc1cccc(N=O)c1C(=O)OC(=O)c1c(C)cccc1N=O. The molecule has 0 aromatic heterocycles. The average molecular weight is 312 g/mol. The summed E-state index contributed by atoms with van der Waals surface area (Å²) >= 11 is 0. The predicted octanol–water partition coefficient (Wildman–Crippen LogP) is 4.10. The van der Waals surface area contributed by atoms with Crippen LogP contribution >= 0.6 is 0 Å². The third-order valence-electron chi connectivity index (χ3n) is 3.29. The third kappa shape index (κ3) is 3.18. The summed E-state index contributed by atoms with van der Waals surface area (Å²) in [6.07, 6.45) is 0. The molecule has 7 heteroatoms. The first kappa shape index (κ1) is 16.2. The van der Waals surface area contributed by atoms with Crippen LogP contribution in [0.3, 0.4) is 0 Å². The molecule has 0 bridgehead atoms. The monoisotopic (exact) mass is 312 g/mol. The van der Waals surface area contributed by atoms with Gasteiger partial charge in [-0.2, -0.15) is 0 Å². The van der Waals surface area contributed by atoms with Crippen LogP contribution in [0, 0.1) is 23.7 Å². The van der Waals surface area contributed by atoms with E-state index in [1.54, 1.807) is 38.1 Å². The van der Waals surface area contributed by atoms with E-state index >= 15 is 0 Å². The molecule has 0 spiro atoms. The molecule has 0 aliphatic carbocycles. The molecule has 0 aliphatic rings. The number of ether oxygens (including phenoxy) is 1. The number of carbonyl (C=O) groups is 2. The number of hydrogen-bond donors (Lipinski definition) is 0. The molecular formula is C16H12N2O5. The minimum Gasteiger partial charge on any atom is -0.386 e. The first-order valence-corrected chi connectivity index (χ1v) is 6.62. The molecule has 7 nitrogen and oxygen atoms in total. The number of hydrogen-bond acceptors (Lipinski definition) is 7. The Morgan fingerprint density at radius 3 is 1.52 bits per heavy atom. The summed E-state index contributed by atoms with van der Waals surface area (Å²) in [7, 11) is 0. The van der Waals surface area contributed by atoms with Crippen LogP contribution in [-0.2, 0) is 4.74 Å². The summed E-state index contributed by atoms with van der Waals surface area (Å²) in [6, 6.07) is 8.96. The van der Waals surface area contributed by atoms with Gasteiger partial charge in [-0.05, 0) is 47.5 Å². The molecule has 0 saturated heterocycles. The van der Waals surface area contributed by atoms with Crippen LogP contribution in [0.15, 0.2) is 46.8 Å².